The van der Waals surface area contributed by atoms with Crippen LogP contribution >= 0.6 is 0 Å². The van der Waals surface area contributed by atoms with Gasteiger partial charge in [0.25, 0.3) is 0 Å². The molecule has 3 N–H and O–H groups in total. The molecule has 0 aliphatic heterocycles. The van der Waals surface area contributed by atoms with Gasteiger partial charge in [-0.15, -0.1) is 3.63 Å². The smallest absolute Gasteiger partial charge is 0.216 e. The van der Waals surface area contributed by atoms with Crippen LogP contribution in [-0.4, -0.2) is 30.0 Å². The van der Waals surface area contributed by atoms with E-state index in [1.807, 2.05) is 0 Å². The van der Waals surface area contributed by atoms with Crippen molar-refractivity contribution in [3.63, 3.8) is 0 Å². The van der Waals surface area contributed by atoms with E-state index in [0.717, 1.165) is 48.3 Å². The highest BCUT2D eigenvalue weighted by molar-refractivity contribution is 7.98. The van der Waals surface area contributed by atoms with E-state index >= 15 is 0 Å². The van der Waals surface area contributed by atoms with Crippen molar-refractivity contribution in [1.82, 2.24) is 4.31 Å². The molecule has 8 rings (SSSR count). The summed E-state index contributed by atoms with van der Waals surface area (Å²) in [6.07, 6.45) is 17.5. The largest absolute Gasteiger partial charge is 0.347 e. The molecule has 0 aromatic carbocycles. The highest BCUT2D eigenvalue weighted by Gasteiger charge is 2.52. The predicted octanol–water partition coefficient (Wildman–Crippen LogP) is 4.60. The van der Waals surface area contributed by atoms with E-state index in [2.05, 4.69) is 0 Å². The van der Waals surface area contributed by atoms with E-state index in [0.29, 0.717) is 13.1 Å². The molecule has 8 fully saturated rings. The zero-order valence-corrected chi connectivity index (χ0v) is 21.4. The van der Waals surface area contributed by atoms with Gasteiger partial charge in [-0.25, -0.2) is 14.1 Å². The van der Waals surface area contributed by atoms with Gasteiger partial charge in [0.05, 0.1) is 0 Å². The molecule has 8 saturated carbocycles. The molecule has 8 aliphatic carbocycles. The summed E-state index contributed by atoms with van der Waals surface area (Å²) < 4.78 is 51.2. The molecule has 9 heteroatoms. The third kappa shape index (κ3) is 4.66. The first-order valence-corrected chi connectivity index (χ1v) is 16.2. The van der Waals surface area contributed by atoms with Crippen LogP contribution < -0.4 is 5.14 Å². The summed E-state index contributed by atoms with van der Waals surface area (Å²) in [6.45, 7) is 0.937. The Bertz CT molecular complexity index is 875. The van der Waals surface area contributed by atoms with E-state index in [1.165, 1.54) is 77.0 Å². The van der Waals surface area contributed by atoms with Crippen LogP contribution in [0, 0.1) is 51.1 Å². The summed E-state index contributed by atoms with van der Waals surface area (Å²) in [5.74, 6) is 4.99. The maximum atomic E-state index is 13.2. The minimum atomic E-state index is -4.46. The minimum Gasteiger partial charge on any atom is -0.216 e. The van der Waals surface area contributed by atoms with Crippen molar-refractivity contribution in [2.75, 3.05) is 13.1 Å². The molecule has 0 aromatic heterocycles. The number of nitrogens with one attached hydrogen (secondary N) is 1. The predicted molar refractivity (Wildman–Crippen MR) is 127 cm³/mol. The van der Waals surface area contributed by atoms with Gasteiger partial charge in [-0.1, -0.05) is 0 Å². The lowest BCUT2D eigenvalue weighted by Gasteiger charge is -2.58. The Balaban J connectivity index is 1.18. The van der Waals surface area contributed by atoms with Gasteiger partial charge in [-0.05, 0) is 136 Å². The van der Waals surface area contributed by atoms with Crippen LogP contribution in [0.25, 0.3) is 0 Å². The maximum Gasteiger partial charge on any atom is 0.347 e. The summed E-state index contributed by atoms with van der Waals surface area (Å²) in [7, 11) is -8.38. The lowest BCUT2D eigenvalue weighted by atomic mass is 9.48. The number of hydrogen-bond donors (Lipinski definition) is 2. The van der Waals surface area contributed by atoms with Gasteiger partial charge >= 0.3 is 10.3 Å². The fourth-order valence-corrected chi connectivity index (χ4v) is 12.5. The van der Waals surface area contributed by atoms with Crippen molar-refractivity contribution in [2.24, 2.45) is 51.5 Å². The van der Waals surface area contributed by atoms with E-state index in [-0.39, 0.29) is 10.8 Å². The maximum absolute atomic E-state index is 13.2. The quantitative estimate of drug-likeness (QED) is 0.482. The lowest BCUT2D eigenvalue weighted by molar-refractivity contribution is -0.0641. The van der Waals surface area contributed by atoms with Gasteiger partial charge in [0.1, 0.15) is 0 Å². The van der Waals surface area contributed by atoms with E-state index in [1.54, 1.807) is 4.31 Å². The van der Waals surface area contributed by atoms with Crippen molar-refractivity contribution in [2.45, 2.75) is 89.9 Å². The van der Waals surface area contributed by atoms with Gasteiger partial charge in [0, 0.05) is 13.1 Å². The minimum absolute atomic E-state index is 0.283. The molecule has 33 heavy (non-hydrogen) atoms. The molecule has 0 radical (unpaired) electrons. The zero-order valence-electron chi connectivity index (χ0n) is 19.8. The Kier molecular flexibility index (Phi) is 5.54. The Labute approximate surface area is 200 Å². The van der Waals surface area contributed by atoms with Crippen molar-refractivity contribution in [3.05, 3.63) is 0 Å². The fourth-order valence-electron chi connectivity index (χ4n) is 10.4. The molecular weight excluding hydrogens is 458 g/mol. The number of hydrogen-bond acceptors (Lipinski definition) is 5. The molecule has 0 spiro atoms. The Morgan fingerprint density at radius 3 is 1.27 bits per heavy atom. The summed E-state index contributed by atoms with van der Waals surface area (Å²) in [5, 5.41) is 5.07. The first kappa shape index (κ1) is 23.2. The second-order valence-corrected chi connectivity index (χ2v) is 16.3. The fraction of sp³-hybridized carbons (Fsp3) is 1.00. The summed E-state index contributed by atoms with van der Waals surface area (Å²) in [6, 6.07) is 0. The molecule has 8 bridgehead atoms. The van der Waals surface area contributed by atoms with Crippen LogP contribution in [0.3, 0.4) is 0 Å². The van der Waals surface area contributed by atoms with E-state index in [4.69, 9.17) is 13.5 Å². The van der Waals surface area contributed by atoms with Gasteiger partial charge in [-0.2, -0.15) is 12.7 Å². The van der Waals surface area contributed by atoms with Crippen LogP contribution in [0.5, 0.6) is 0 Å². The molecular formula is C24H41N3O4S2. The Hall–Kier alpha value is -0.220. The molecule has 0 amide bonds. The van der Waals surface area contributed by atoms with E-state index < -0.39 is 20.5 Å². The summed E-state index contributed by atoms with van der Waals surface area (Å²) in [5.41, 5.74) is 0.565. The highest BCUT2D eigenvalue weighted by atomic mass is 32.3. The second-order valence-electron chi connectivity index (χ2n) is 13.3. The van der Waals surface area contributed by atoms with Crippen molar-refractivity contribution < 1.29 is 16.3 Å². The molecule has 1 atom stereocenters. The zero-order chi connectivity index (χ0) is 23.1. The van der Waals surface area contributed by atoms with Crippen LogP contribution in [0.1, 0.15) is 89.9 Å². The Morgan fingerprint density at radius 1 is 0.697 bits per heavy atom. The first-order valence-electron chi connectivity index (χ1n) is 13.3. The molecule has 7 nitrogen and oxygen atoms in total. The standard InChI is InChI=1S/C24H41N3O4S2/c25-32(28,31-33(26,29)30)27(3-1-23-11-17-5-18(12-23)7-19(6-17)13-23)4-2-24-14-20-8-21(15-24)10-22(9-20)16-24/h17-22,25H,1-16H2,(H2,26,29,30). The molecule has 0 saturated heterocycles. The van der Waals surface area contributed by atoms with Crippen LogP contribution in [0.4, 0.5) is 0 Å². The molecule has 188 valence electrons. The molecule has 8 aliphatic rings. The third-order valence-corrected chi connectivity index (χ3v) is 13.2. The summed E-state index contributed by atoms with van der Waals surface area (Å²) in [4.78, 5) is 0. The van der Waals surface area contributed by atoms with E-state index in [9.17, 15) is 12.6 Å². The average molecular weight is 500 g/mol. The Morgan fingerprint density at radius 2 is 1.00 bits per heavy atom. The van der Waals surface area contributed by atoms with Gasteiger partial charge in [0.2, 0.25) is 10.2 Å². The van der Waals surface area contributed by atoms with Crippen LogP contribution in [0.2, 0.25) is 0 Å². The van der Waals surface area contributed by atoms with Crippen molar-refractivity contribution >= 4 is 20.5 Å². The second kappa shape index (κ2) is 7.89. The lowest BCUT2D eigenvalue weighted by Crippen LogP contribution is -2.49. The topological polar surface area (TPSA) is 114 Å². The van der Waals surface area contributed by atoms with Crippen molar-refractivity contribution in [1.29, 1.82) is 4.78 Å². The van der Waals surface area contributed by atoms with Crippen molar-refractivity contribution in [3.8, 4) is 0 Å². The number of nitrogens with zero attached hydrogens (tertiary/aromatic N) is 1. The SMILES string of the molecule is N=S(=O)(OS(N)(=O)=O)N(CCC12CC3CC(CC(C3)C1)C2)CCC12CC3CC(CC(C3)C1)C2. The van der Waals surface area contributed by atoms with Gasteiger partial charge < -0.3 is 0 Å². The third-order valence-electron chi connectivity index (χ3n) is 10.6. The normalized spacial score (nSPS) is 47.3. The first-order chi connectivity index (χ1) is 15.5. The molecule has 0 heterocycles. The monoisotopic (exact) mass is 499 g/mol. The highest BCUT2D eigenvalue weighted by Crippen LogP contribution is 2.62. The molecule has 0 aromatic rings. The summed E-state index contributed by atoms with van der Waals surface area (Å²) >= 11 is 0. The van der Waals surface area contributed by atoms with Gasteiger partial charge in [-0.3, -0.25) is 0 Å². The number of nitrogens with two attached hydrogens (primary N) is 1. The van der Waals surface area contributed by atoms with Crippen LogP contribution in [-0.2, 0) is 24.1 Å². The average Bonchev–Trinajstić information content (AvgIpc) is 2.63. The molecule has 1 unspecified atom stereocenters. The van der Waals surface area contributed by atoms with Gasteiger partial charge in [0.15, 0.2) is 0 Å². The van der Waals surface area contributed by atoms with Crippen LogP contribution in [0.15, 0.2) is 0 Å². The number of rotatable bonds is 9.